The Morgan fingerprint density at radius 1 is 1.12 bits per heavy atom. The first kappa shape index (κ1) is 12.1. The van der Waals surface area contributed by atoms with E-state index in [1.165, 1.54) is 5.57 Å². The number of hydrogen-bond donors (Lipinski definition) is 2. The van der Waals surface area contributed by atoms with Gasteiger partial charge in [0, 0.05) is 23.0 Å². The molecule has 0 amide bonds. The first-order chi connectivity index (χ1) is 8.25. The normalized spacial score (nSPS) is 15.1. The number of hydrogen-bond acceptors (Lipinski definition) is 2. The molecule has 0 aromatic heterocycles. The van der Waals surface area contributed by atoms with Crippen molar-refractivity contribution in [2.45, 2.75) is 19.3 Å². The lowest BCUT2D eigenvalue weighted by Gasteiger charge is -2.12. The summed E-state index contributed by atoms with van der Waals surface area (Å²) in [5, 5.41) is 4.27. The molecule has 2 rings (SSSR count). The third-order valence-corrected chi connectivity index (χ3v) is 3.22. The first-order valence-corrected chi connectivity index (χ1v) is 6.28. The number of nitrogens with one attached hydrogen (secondary N) is 1. The van der Waals surface area contributed by atoms with Crippen molar-refractivity contribution in [2.24, 2.45) is 0 Å². The Hall–Kier alpha value is -1.41. The highest BCUT2D eigenvalue weighted by atomic mass is 35.5. The molecule has 0 heterocycles. The van der Waals surface area contributed by atoms with E-state index in [1.807, 2.05) is 24.3 Å². The molecule has 0 bridgehead atoms. The van der Waals surface area contributed by atoms with Gasteiger partial charge in [0.15, 0.2) is 0 Å². The number of nitrogen functional groups attached to an aromatic ring is 1. The quantitative estimate of drug-likeness (QED) is 0.793. The molecule has 0 unspecified atom stereocenters. The Labute approximate surface area is 107 Å². The molecule has 0 saturated heterocycles. The van der Waals surface area contributed by atoms with Crippen LogP contribution in [0.4, 0.5) is 11.4 Å². The van der Waals surface area contributed by atoms with Crippen LogP contribution in [0.5, 0.6) is 0 Å². The fraction of sp³-hybridized carbons (Fsp3) is 0.286. The molecular formula is C14H17ClN2. The van der Waals surface area contributed by atoms with Gasteiger partial charge in [0.25, 0.3) is 0 Å². The standard InChI is InChI=1S/C14H17ClN2/c15-14-4-2-1-3-11(14)9-10-17-13-7-5-12(16)6-8-13/h3-8,17H,1-2,9-10,16H2. The van der Waals surface area contributed by atoms with Crippen molar-refractivity contribution < 1.29 is 0 Å². The number of benzene rings is 1. The molecule has 90 valence electrons. The van der Waals surface area contributed by atoms with E-state index in [4.69, 9.17) is 17.3 Å². The molecule has 2 nitrogen and oxygen atoms in total. The van der Waals surface area contributed by atoms with E-state index in [9.17, 15) is 0 Å². The summed E-state index contributed by atoms with van der Waals surface area (Å²) in [4.78, 5) is 0. The van der Waals surface area contributed by atoms with Gasteiger partial charge in [-0.1, -0.05) is 23.8 Å². The molecule has 1 aliphatic carbocycles. The molecular weight excluding hydrogens is 232 g/mol. The molecule has 1 aliphatic rings. The topological polar surface area (TPSA) is 38.0 Å². The molecule has 0 radical (unpaired) electrons. The number of rotatable bonds is 4. The summed E-state index contributed by atoms with van der Waals surface area (Å²) < 4.78 is 0. The average molecular weight is 249 g/mol. The average Bonchev–Trinajstić information content (AvgIpc) is 2.34. The van der Waals surface area contributed by atoms with E-state index in [1.54, 1.807) is 0 Å². The second-order valence-electron chi connectivity index (χ2n) is 4.16. The van der Waals surface area contributed by atoms with Gasteiger partial charge >= 0.3 is 0 Å². The van der Waals surface area contributed by atoms with E-state index in [2.05, 4.69) is 17.5 Å². The summed E-state index contributed by atoms with van der Waals surface area (Å²) in [6.45, 7) is 0.889. The molecule has 1 aromatic carbocycles. The Kier molecular flexibility index (Phi) is 4.10. The van der Waals surface area contributed by atoms with E-state index in [0.717, 1.165) is 42.2 Å². The second-order valence-corrected chi connectivity index (χ2v) is 4.56. The maximum atomic E-state index is 6.13. The maximum Gasteiger partial charge on any atom is 0.0395 e. The first-order valence-electron chi connectivity index (χ1n) is 5.90. The van der Waals surface area contributed by atoms with Crippen molar-refractivity contribution in [3.8, 4) is 0 Å². The van der Waals surface area contributed by atoms with Gasteiger partial charge in [0.2, 0.25) is 0 Å². The summed E-state index contributed by atoms with van der Waals surface area (Å²) in [5.74, 6) is 0. The fourth-order valence-corrected chi connectivity index (χ4v) is 2.14. The Morgan fingerprint density at radius 3 is 2.53 bits per heavy atom. The lowest BCUT2D eigenvalue weighted by Crippen LogP contribution is -2.04. The number of allylic oxidation sites excluding steroid dienone is 3. The van der Waals surface area contributed by atoms with Crippen LogP contribution in [0.3, 0.4) is 0 Å². The Bertz CT molecular complexity index is 432. The summed E-state index contributed by atoms with van der Waals surface area (Å²) in [5.41, 5.74) is 8.76. The van der Waals surface area contributed by atoms with Crippen molar-refractivity contribution in [1.29, 1.82) is 0 Å². The van der Waals surface area contributed by atoms with Gasteiger partial charge in [-0.15, -0.1) is 0 Å². The van der Waals surface area contributed by atoms with Gasteiger partial charge in [-0.3, -0.25) is 0 Å². The zero-order valence-corrected chi connectivity index (χ0v) is 10.5. The van der Waals surface area contributed by atoms with Crippen LogP contribution in [-0.4, -0.2) is 6.54 Å². The smallest absolute Gasteiger partial charge is 0.0395 e. The van der Waals surface area contributed by atoms with Crippen LogP contribution >= 0.6 is 11.6 Å². The third kappa shape index (κ3) is 3.53. The van der Waals surface area contributed by atoms with Crippen LogP contribution in [0.1, 0.15) is 19.3 Å². The predicted molar refractivity (Wildman–Crippen MR) is 75.2 cm³/mol. The molecule has 1 aromatic rings. The zero-order valence-electron chi connectivity index (χ0n) is 9.75. The minimum absolute atomic E-state index is 0.788. The zero-order chi connectivity index (χ0) is 12.1. The van der Waals surface area contributed by atoms with Gasteiger partial charge in [-0.05, 0) is 49.1 Å². The molecule has 17 heavy (non-hydrogen) atoms. The SMILES string of the molecule is Nc1ccc(NCCC2=CCCC=C2Cl)cc1. The molecule has 0 aliphatic heterocycles. The molecule has 0 saturated carbocycles. The molecule has 0 fully saturated rings. The monoisotopic (exact) mass is 248 g/mol. The highest BCUT2D eigenvalue weighted by Crippen LogP contribution is 2.24. The molecule has 0 atom stereocenters. The lowest BCUT2D eigenvalue weighted by atomic mass is 10.0. The van der Waals surface area contributed by atoms with E-state index in [-0.39, 0.29) is 0 Å². The van der Waals surface area contributed by atoms with Crippen molar-refractivity contribution in [1.82, 2.24) is 0 Å². The second kappa shape index (κ2) is 5.78. The third-order valence-electron chi connectivity index (χ3n) is 2.82. The van der Waals surface area contributed by atoms with Gasteiger partial charge in [-0.2, -0.15) is 0 Å². The van der Waals surface area contributed by atoms with Gasteiger partial charge in [0.05, 0.1) is 0 Å². The van der Waals surface area contributed by atoms with Gasteiger partial charge < -0.3 is 11.1 Å². The van der Waals surface area contributed by atoms with Crippen LogP contribution in [0.15, 0.2) is 47.0 Å². The number of nitrogens with two attached hydrogens (primary N) is 1. The maximum absolute atomic E-state index is 6.13. The van der Waals surface area contributed by atoms with Crippen LogP contribution in [0.2, 0.25) is 0 Å². The van der Waals surface area contributed by atoms with Crippen molar-refractivity contribution in [3.63, 3.8) is 0 Å². The summed E-state index contributed by atoms with van der Waals surface area (Å²) in [6.07, 6.45) is 7.45. The van der Waals surface area contributed by atoms with Crippen molar-refractivity contribution in [2.75, 3.05) is 17.6 Å². The summed E-state index contributed by atoms with van der Waals surface area (Å²) >= 11 is 6.13. The summed E-state index contributed by atoms with van der Waals surface area (Å²) in [6, 6.07) is 7.77. The fourth-order valence-electron chi connectivity index (χ4n) is 1.86. The van der Waals surface area contributed by atoms with Crippen molar-refractivity contribution >= 4 is 23.0 Å². The lowest BCUT2D eigenvalue weighted by molar-refractivity contribution is 0.946. The molecule has 3 N–H and O–H groups in total. The van der Waals surface area contributed by atoms with Crippen molar-refractivity contribution in [3.05, 3.63) is 47.0 Å². The predicted octanol–water partition coefficient (Wildman–Crippen LogP) is 3.91. The Balaban J connectivity index is 1.82. The van der Waals surface area contributed by atoms with Crippen LogP contribution in [0.25, 0.3) is 0 Å². The minimum Gasteiger partial charge on any atom is -0.399 e. The highest BCUT2D eigenvalue weighted by molar-refractivity contribution is 6.32. The number of anilines is 2. The van der Waals surface area contributed by atoms with Gasteiger partial charge in [-0.25, -0.2) is 0 Å². The van der Waals surface area contributed by atoms with E-state index >= 15 is 0 Å². The largest absolute Gasteiger partial charge is 0.399 e. The van der Waals surface area contributed by atoms with Crippen LogP contribution in [0, 0.1) is 0 Å². The van der Waals surface area contributed by atoms with Crippen LogP contribution < -0.4 is 11.1 Å². The molecule has 0 spiro atoms. The molecule has 3 heteroatoms. The Morgan fingerprint density at radius 2 is 1.82 bits per heavy atom. The minimum atomic E-state index is 0.788. The van der Waals surface area contributed by atoms with Gasteiger partial charge in [0.1, 0.15) is 0 Å². The number of halogens is 1. The summed E-state index contributed by atoms with van der Waals surface area (Å²) in [7, 11) is 0. The highest BCUT2D eigenvalue weighted by Gasteiger charge is 2.05. The van der Waals surface area contributed by atoms with E-state index in [0.29, 0.717) is 0 Å². The van der Waals surface area contributed by atoms with Crippen LogP contribution in [-0.2, 0) is 0 Å². The van der Waals surface area contributed by atoms with E-state index < -0.39 is 0 Å².